The minimum absolute atomic E-state index is 0.00188. The van der Waals surface area contributed by atoms with Gasteiger partial charge in [0.05, 0.1) is 6.61 Å². The lowest BCUT2D eigenvalue weighted by molar-refractivity contribution is -0.0337. The summed E-state index contributed by atoms with van der Waals surface area (Å²) < 4.78 is 5.76. The molecular formula is C13H18N4OS. The lowest BCUT2D eigenvalue weighted by atomic mass is 10.2. The van der Waals surface area contributed by atoms with E-state index in [2.05, 4.69) is 37.6 Å². The van der Waals surface area contributed by atoms with Crippen LogP contribution in [-0.4, -0.2) is 46.3 Å². The van der Waals surface area contributed by atoms with Crippen molar-refractivity contribution in [2.45, 2.75) is 19.4 Å². The largest absolute Gasteiger partial charge is 0.367 e. The molecule has 1 saturated heterocycles. The zero-order valence-electron chi connectivity index (χ0n) is 11.0. The van der Waals surface area contributed by atoms with Gasteiger partial charge in [-0.05, 0) is 24.8 Å². The molecule has 1 atom stereocenters. The Bertz CT molecular complexity index is 510. The van der Waals surface area contributed by atoms with Crippen molar-refractivity contribution in [3.05, 3.63) is 34.0 Å². The Labute approximate surface area is 116 Å². The van der Waals surface area contributed by atoms with Gasteiger partial charge in [-0.15, -0.1) is 11.3 Å². The van der Waals surface area contributed by atoms with Crippen LogP contribution < -0.4 is 0 Å². The topological polar surface area (TPSA) is 54.0 Å². The number of rotatable bonds is 4. The first-order chi connectivity index (χ1) is 9.31. The molecule has 0 saturated carbocycles. The van der Waals surface area contributed by atoms with Gasteiger partial charge in [-0.2, -0.15) is 5.10 Å². The van der Waals surface area contributed by atoms with E-state index >= 15 is 0 Å². The molecule has 0 bridgehead atoms. The van der Waals surface area contributed by atoms with Gasteiger partial charge in [0.1, 0.15) is 11.9 Å². The van der Waals surface area contributed by atoms with Crippen LogP contribution in [0.4, 0.5) is 0 Å². The maximum absolute atomic E-state index is 5.76. The summed E-state index contributed by atoms with van der Waals surface area (Å²) in [5.74, 6) is 1.62. The van der Waals surface area contributed by atoms with Gasteiger partial charge >= 0.3 is 0 Å². The lowest BCUT2D eigenvalue weighted by Crippen LogP contribution is -2.39. The van der Waals surface area contributed by atoms with Crippen molar-refractivity contribution in [3.8, 4) is 0 Å². The predicted octanol–water partition coefficient (Wildman–Crippen LogP) is 1.79. The van der Waals surface area contributed by atoms with Crippen LogP contribution in [0.2, 0.25) is 0 Å². The molecule has 0 aromatic carbocycles. The van der Waals surface area contributed by atoms with E-state index in [4.69, 9.17) is 4.74 Å². The van der Waals surface area contributed by atoms with Crippen molar-refractivity contribution < 1.29 is 4.74 Å². The zero-order valence-corrected chi connectivity index (χ0v) is 11.8. The van der Waals surface area contributed by atoms with E-state index in [1.807, 2.05) is 18.3 Å². The number of nitrogens with zero attached hydrogens (tertiary/aromatic N) is 3. The van der Waals surface area contributed by atoms with E-state index in [1.54, 1.807) is 0 Å². The Morgan fingerprint density at radius 2 is 2.53 bits per heavy atom. The highest BCUT2D eigenvalue weighted by molar-refractivity contribution is 7.09. The maximum Gasteiger partial charge on any atom is 0.180 e. The van der Waals surface area contributed by atoms with Crippen molar-refractivity contribution in [3.63, 3.8) is 0 Å². The fourth-order valence-electron chi connectivity index (χ4n) is 2.29. The molecular weight excluding hydrogens is 260 g/mol. The molecule has 0 amide bonds. The maximum atomic E-state index is 5.76. The Morgan fingerprint density at radius 3 is 3.26 bits per heavy atom. The standard InChI is InChI=1S/C13H18N4OS/c1-10-14-13(16-15-10)12-9-17(6-7-18-12)5-4-11-3-2-8-19-11/h2-3,8,12H,4-7,9H2,1H3,(H,14,15,16)/t12-/m0/s1. The highest BCUT2D eigenvalue weighted by Crippen LogP contribution is 2.19. The van der Waals surface area contributed by atoms with Gasteiger partial charge in [-0.25, -0.2) is 4.98 Å². The van der Waals surface area contributed by atoms with E-state index in [0.29, 0.717) is 0 Å². The molecule has 3 heterocycles. The summed E-state index contributed by atoms with van der Waals surface area (Å²) in [6.07, 6.45) is 1.11. The molecule has 1 aliphatic heterocycles. The normalized spacial score (nSPS) is 20.8. The first kappa shape index (κ1) is 12.8. The molecule has 6 heteroatoms. The van der Waals surface area contributed by atoms with Crippen LogP contribution in [0.1, 0.15) is 22.6 Å². The van der Waals surface area contributed by atoms with Gasteiger partial charge < -0.3 is 4.74 Å². The first-order valence-electron chi connectivity index (χ1n) is 6.56. The summed E-state index contributed by atoms with van der Waals surface area (Å²) in [4.78, 5) is 8.23. The summed E-state index contributed by atoms with van der Waals surface area (Å²) >= 11 is 1.82. The Hall–Kier alpha value is -1.24. The van der Waals surface area contributed by atoms with E-state index < -0.39 is 0 Å². The molecule has 1 aliphatic rings. The van der Waals surface area contributed by atoms with Crippen LogP contribution in [-0.2, 0) is 11.2 Å². The van der Waals surface area contributed by atoms with Crippen molar-refractivity contribution in [1.29, 1.82) is 0 Å². The Morgan fingerprint density at radius 1 is 1.58 bits per heavy atom. The van der Waals surface area contributed by atoms with E-state index in [0.717, 1.165) is 44.3 Å². The Balaban J connectivity index is 1.56. The summed E-state index contributed by atoms with van der Waals surface area (Å²) in [5.41, 5.74) is 0. The fourth-order valence-corrected chi connectivity index (χ4v) is 2.99. The number of aromatic amines is 1. The fraction of sp³-hybridized carbons (Fsp3) is 0.538. The molecule has 19 heavy (non-hydrogen) atoms. The van der Waals surface area contributed by atoms with E-state index in [-0.39, 0.29) is 6.10 Å². The molecule has 0 radical (unpaired) electrons. The second-order valence-corrected chi connectivity index (χ2v) is 5.80. The predicted molar refractivity (Wildman–Crippen MR) is 74.3 cm³/mol. The molecule has 0 aliphatic carbocycles. The summed E-state index contributed by atoms with van der Waals surface area (Å²) in [6.45, 7) is 5.61. The number of H-pyrrole nitrogens is 1. The Kier molecular flexibility index (Phi) is 3.91. The highest BCUT2D eigenvalue weighted by Gasteiger charge is 2.24. The number of hydrogen-bond donors (Lipinski definition) is 1. The summed E-state index contributed by atoms with van der Waals surface area (Å²) in [6, 6.07) is 4.31. The van der Waals surface area contributed by atoms with Crippen molar-refractivity contribution in [2.75, 3.05) is 26.2 Å². The third-order valence-corrected chi connectivity index (χ3v) is 4.24. The quantitative estimate of drug-likeness (QED) is 0.926. The van der Waals surface area contributed by atoms with Crippen LogP contribution in [0.5, 0.6) is 0 Å². The van der Waals surface area contributed by atoms with Gasteiger partial charge in [0.15, 0.2) is 5.82 Å². The van der Waals surface area contributed by atoms with Crippen molar-refractivity contribution in [2.24, 2.45) is 0 Å². The number of aromatic nitrogens is 3. The van der Waals surface area contributed by atoms with E-state index in [9.17, 15) is 0 Å². The second-order valence-electron chi connectivity index (χ2n) is 4.77. The molecule has 2 aromatic heterocycles. The molecule has 2 aromatic rings. The minimum Gasteiger partial charge on any atom is -0.367 e. The minimum atomic E-state index is 0.00188. The molecule has 1 N–H and O–H groups in total. The molecule has 3 rings (SSSR count). The second kappa shape index (κ2) is 5.81. The average Bonchev–Trinajstić information content (AvgIpc) is 3.08. The van der Waals surface area contributed by atoms with Crippen LogP contribution in [0.25, 0.3) is 0 Å². The van der Waals surface area contributed by atoms with Crippen LogP contribution in [0.15, 0.2) is 17.5 Å². The number of ether oxygens (including phenoxy) is 1. The van der Waals surface area contributed by atoms with Gasteiger partial charge in [0, 0.05) is 24.5 Å². The van der Waals surface area contributed by atoms with Crippen molar-refractivity contribution in [1.82, 2.24) is 20.1 Å². The first-order valence-corrected chi connectivity index (χ1v) is 7.44. The number of nitrogens with one attached hydrogen (secondary N) is 1. The van der Waals surface area contributed by atoms with E-state index in [1.165, 1.54) is 4.88 Å². The average molecular weight is 278 g/mol. The third-order valence-electron chi connectivity index (χ3n) is 3.31. The molecule has 102 valence electrons. The number of aryl methyl sites for hydroxylation is 1. The van der Waals surface area contributed by atoms with Gasteiger partial charge in [0.25, 0.3) is 0 Å². The van der Waals surface area contributed by atoms with Gasteiger partial charge in [-0.1, -0.05) is 6.07 Å². The van der Waals surface area contributed by atoms with Crippen LogP contribution in [0.3, 0.4) is 0 Å². The number of thiophene rings is 1. The SMILES string of the molecule is Cc1nc([C@@H]2CN(CCc3cccs3)CCO2)n[nH]1. The summed E-state index contributed by atoms with van der Waals surface area (Å²) in [7, 11) is 0. The van der Waals surface area contributed by atoms with Crippen molar-refractivity contribution >= 4 is 11.3 Å². The molecule has 5 nitrogen and oxygen atoms in total. The number of hydrogen-bond acceptors (Lipinski definition) is 5. The smallest absolute Gasteiger partial charge is 0.180 e. The molecule has 0 unspecified atom stereocenters. The number of morpholine rings is 1. The highest BCUT2D eigenvalue weighted by atomic mass is 32.1. The van der Waals surface area contributed by atoms with Crippen LogP contribution in [0, 0.1) is 6.92 Å². The lowest BCUT2D eigenvalue weighted by Gasteiger charge is -2.31. The third kappa shape index (κ3) is 3.20. The van der Waals surface area contributed by atoms with Gasteiger partial charge in [-0.3, -0.25) is 10.00 Å². The molecule has 1 fully saturated rings. The van der Waals surface area contributed by atoms with Crippen LogP contribution >= 0.6 is 11.3 Å². The summed E-state index contributed by atoms with van der Waals surface area (Å²) in [5, 5.41) is 9.21. The monoisotopic (exact) mass is 278 g/mol. The molecule has 0 spiro atoms. The van der Waals surface area contributed by atoms with Gasteiger partial charge in [0.2, 0.25) is 0 Å². The zero-order chi connectivity index (χ0) is 13.1.